The Morgan fingerprint density at radius 3 is 2.44 bits per heavy atom. The quantitative estimate of drug-likeness (QED) is 0.439. The van der Waals surface area contributed by atoms with Crippen LogP contribution < -0.4 is 5.11 Å². The summed E-state index contributed by atoms with van der Waals surface area (Å²) in [7, 11) is 1.26. The maximum absolute atomic E-state index is 11.6. The van der Waals surface area contributed by atoms with E-state index in [4.69, 9.17) is 0 Å². The number of esters is 1. The van der Waals surface area contributed by atoms with Crippen LogP contribution >= 0.6 is 0 Å². The monoisotopic (exact) mass is 249 g/mol. The van der Waals surface area contributed by atoms with Crippen LogP contribution in [0.5, 0.6) is 0 Å². The summed E-state index contributed by atoms with van der Waals surface area (Å²) in [5.74, 6) is -0.498. The molecule has 0 N–H and O–H groups in total. The van der Waals surface area contributed by atoms with Crippen molar-refractivity contribution < 1.29 is 23.9 Å². The average molecular weight is 249 g/mol. The van der Waals surface area contributed by atoms with E-state index in [-0.39, 0.29) is 17.1 Å². The number of carbonyl (C=O) groups is 2. The van der Waals surface area contributed by atoms with Crippen LogP contribution in [0.2, 0.25) is 0 Å². The van der Waals surface area contributed by atoms with Crippen molar-refractivity contribution in [1.82, 2.24) is 0 Å². The second-order valence-electron chi connectivity index (χ2n) is 4.55. The summed E-state index contributed by atoms with van der Waals surface area (Å²) in [6.45, 7) is 1.96. The predicted molar refractivity (Wildman–Crippen MR) is 61.1 cm³/mol. The van der Waals surface area contributed by atoms with Gasteiger partial charge in [0.2, 0.25) is 6.04 Å². The Morgan fingerprint density at radius 1 is 1.33 bits per heavy atom. The zero-order valence-electron chi connectivity index (χ0n) is 10.3. The number of carbonyl (C=O) groups excluding carboxylic acids is 2. The van der Waals surface area contributed by atoms with Crippen LogP contribution in [0.3, 0.4) is 0 Å². The highest BCUT2D eigenvalue weighted by Gasteiger charge is 2.70. The van der Waals surface area contributed by atoms with Gasteiger partial charge in [-0.2, -0.15) is 0 Å². The molecule has 0 saturated carbocycles. The molecule has 96 valence electrons. The van der Waals surface area contributed by atoms with Gasteiger partial charge >= 0.3 is 5.97 Å². The van der Waals surface area contributed by atoms with Crippen molar-refractivity contribution in [3.05, 3.63) is 35.9 Å². The van der Waals surface area contributed by atoms with Crippen LogP contribution in [0.1, 0.15) is 12.5 Å². The first-order valence-electron chi connectivity index (χ1n) is 5.74. The molecule has 1 heterocycles. The number of hydrogen-bond acceptors (Lipinski definition) is 4. The lowest BCUT2D eigenvalue weighted by atomic mass is 10.2. The second-order valence-corrected chi connectivity index (χ2v) is 4.55. The maximum Gasteiger partial charge on any atom is 0.371 e. The van der Waals surface area contributed by atoms with Gasteiger partial charge in [0.1, 0.15) is 6.54 Å². The van der Waals surface area contributed by atoms with Crippen molar-refractivity contribution in [1.29, 1.82) is 0 Å². The fourth-order valence-electron chi connectivity index (χ4n) is 2.53. The predicted octanol–water partition coefficient (Wildman–Crippen LogP) is 0.290. The largest absolute Gasteiger partial charge is 0.498 e. The van der Waals surface area contributed by atoms with Crippen LogP contribution in [-0.2, 0) is 16.1 Å². The first-order valence-corrected chi connectivity index (χ1v) is 5.74. The molecule has 0 bridgehead atoms. The molecular weight excluding hydrogens is 234 g/mol. The van der Waals surface area contributed by atoms with E-state index in [0.29, 0.717) is 0 Å². The van der Waals surface area contributed by atoms with Crippen LogP contribution in [0.25, 0.3) is 0 Å². The Kier molecular flexibility index (Phi) is 3.09. The zero-order chi connectivity index (χ0) is 13.3. The van der Waals surface area contributed by atoms with E-state index in [0.717, 1.165) is 5.56 Å². The molecule has 18 heavy (non-hydrogen) atoms. The molecule has 1 amide bonds. The molecule has 2 rings (SSSR count). The van der Waals surface area contributed by atoms with E-state index in [9.17, 15) is 14.7 Å². The first kappa shape index (κ1) is 12.6. The maximum atomic E-state index is 11.6. The molecule has 1 aromatic rings. The molecule has 5 heteroatoms. The van der Waals surface area contributed by atoms with Gasteiger partial charge in [0.15, 0.2) is 6.04 Å². The van der Waals surface area contributed by atoms with Crippen molar-refractivity contribution >= 4 is 12.1 Å². The minimum Gasteiger partial charge on any atom is -0.498 e. The third kappa shape index (κ3) is 1.76. The van der Waals surface area contributed by atoms with E-state index in [1.807, 2.05) is 30.3 Å². The number of carboxylic acid groups (broad SMARTS) is 1. The minimum absolute atomic E-state index is 0.240. The summed E-state index contributed by atoms with van der Waals surface area (Å²) in [4.78, 5) is 22.9. The third-order valence-electron chi connectivity index (χ3n) is 3.66. The highest BCUT2D eigenvalue weighted by molar-refractivity contribution is 5.81. The zero-order valence-corrected chi connectivity index (χ0v) is 10.3. The summed E-state index contributed by atoms with van der Waals surface area (Å²) in [6.07, 6.45) is -1.23. The van der Waals surface area contributed by atoms with E-state index < -0.39 is 18.1 Å². The van der Waals surface area contributed by atoms with E-state index in [1.54, 1.807) is 6.92 Å². The summed E-state index contributed by atoms with van der Waals surface area (Å²) >= 11 is 0. The molecule has 0 aliphatic carbocycles. The van der Waals surface area contributed by atoms with Crippen LogP contribution in [0.15, 0.2) is 30.3 Å². The van der Waals surface area contributed by atoms with Crippen molar-refractivity contribution in [2.45, 2.75) is 25.6 Å². The number of rotatable bonds is 3. The topological polar surface area (TPSA) is 66.4 Å². The summed E-state index contributed by atoms with van der Waals surface area (Å²) < 4.78 is 4.26. The number of benzene rings is 1. The third-order valence-corrected chi connectivity index (χ3v) is 3.66. The van der Waals surface area contributed by atoms with Gasteiger partial charge < -0.3 is 14.6 Å². The van der Waals surface area contributed by atoms with E-state index >= 15 is 0 Å². The van der Waals surface area contributed by atoms with E-state index in [2.05, 4.69) is 4.74 Å². The number of ether oxygens (including phenoxy) is 1. The van der Waals surface area contributed by atoms with Gasteiger partial charge in [-0.05, 0) is 6.92 Å². The Balaban J connectivity index is 2.26. The molecule has 1 unspecified atom stereocenters. The van der Waals surface area contributed by atoms with Gasteiger partial charge in [-0.3, -0.25) is 0 Å². The van der Waals surface area contributed by atoms with Gasteiger partial charge in [-0.25, -0.2) is 9.28 Å². The first-order chi connectivity index (χ1) is 8.54. The van der Waals surface area contributed by atoms with Crippen molar-refractivity contribution in [2.24, 2.45) is 0 Å². The molecule has 5 nitrogen and oxygen atoms in total. The highest BCUT2D eigenvalue weighted by atomic mass is 16.5. The molecule has 0 radical (unpaired) electrons. The number of methoxy groups -OCH3 is 1. The molecule has 0 aromatic heterocycles. The molecule has 1 aliphatic rings. The number of nitrogens with zero attached hydrogens (tertiary/aromatic N) is 1. The number of quaternary nitrogens is 1. The van der Waals surface area contributed by atoms with Crippen LogP contribution in [-0.4, -0.2) is 35.7 Å². The van der Waals surface area contributed by atoms with E-state index in [1.165, 1.54) is 7.11 Å². The molecule has 1 saturated heterocycles. The SMILES string of the molecule is COC(=O)[C@H]1[C@H](C)[N+]1(Cc1ccccc1)C(=O)[O-]. The van der Waals surface area contributed by atoms with Crippen molar-refractivity contribution in [2.75, 3.05) is 7.11 Å². The average Bonchev–Trinajstić information content (AvgIpc) is 2.96. The lowest BCUT2D eigenvalue weighted by Crippen LogP contribution is -2.47. The molecule has 3 atom stereocenters. The molecule has 1 aliphatic heterocycles. The van der Waals surface area contributed by atoms with Crippen LogP contribution in [0.4, 0.5) is 4.79 Å². The fraction of sp³-hybridized carbons (Fsp3) is 0.385. The van der Waals surface area contributed by atoms with Gasteiger partial charge in [-0.1, -0.05) is 30.3 Å². The highest BCUT2D eigenvalue weighted by Crippen LogP contribution is 2.42. The molecule has 1 fully saturated rings. The normalized spacial score (nSPS) is 29.7. The number of amides is 1. The Morgan fingerprint density at radius 2 is 1.94 bits per heavy atom. The minimum atomic E-state index is -1.23. The molecular formula is C13H15NO4. The summed E-state index contributed by atoms with van der Waals surface area (Å²) in [5.41, 5.74) is 0.861. The Labute approximate surface area is 105 Å². The van der Waals surface area contributed by atoms with Crippen molar-refractivity contribution in [3.63, 3.8) is 0 Å². The molecule has 0 spiro atoms. The lowest BCUT2D eigenvalue weighted by Gasteiger charge is -2.20. The van der Waals surface area contributed by atoms with Gasteiger partial charge in [-0.15, -0.1) is 0 Å². The summed E-state index contributed by atoms with van der Waals surface area (Å²) in [5, 5.41) is 11.4. The smallest absolute Gasteiger partial charge is 0.371 e. The van der Waals surface area contributed by atoms with Crippen molar-refractivity contribution in [3.8, 4) is 0 Å². The van der Waals surface area contributed by atoms with Gasteiger partial charge in [0, 0.05) is 5.56 Å². The Bertz CT molecular complexity index is 473. The number of hydrogen-bond donors (Lipinski definition) is 0. The molecule has 1 aromatic carbocycles. The second kappa shape index (κ2) is 4.42. The van der Waals surface area contributed by atoms with Gasteiger partial charge in [0.05, 0.1) is 7.11 Å². The van der Waals surface area contributed by atoms with Gasteiger partial charge in [0.25, 0.3) is 6.09 Å². The fourth-order valence-corrected chi connectivity index (χ4v) is 2.53. The lowest BCUT2D eigenvalue weighted by molar-refractivity contribution is -0.784. The summed E-state index contributed by atoms with van der Waals surface area (Å²) in [6, 6.07) is 8.22. The standard InChI is InChI=1S/C13H15NO4/c1-9-11(12(15)18-2)14(9,13(16)17)8-10-6-4-3-5-7-10/h3-7,9,11H,8H2,1-2H3/t9-,11+,14?/m0/s1. The Hall–Kier alpha value is -1.88. The van der Waals surface area contributed by atoms with Crippen LogP contribution in [0, 0.1) is 0 Å².